The van der Waals surface area contributed by atoms with Crippen molar-refractivity contribution in [2.24, 2.45) is 5.92 Å². The normalized spacial score (nSPS) is 14.6. The Labute approximate surface area is 149 Å². The van der Waals surface area contributed by atoms with E-state index in [4.69, 9.17) is 0 Å². The smallest absolute Gasteiger partial charge is 0.231 e. The van der Waals surface area contributed by atoms with Gasteiger partial charge in [-0.2, -0.15) is 0 Å². The summed E-state index contributed by atoms with van der Waals surface area (Å²) in [6.07, 6.45) is 0. The van der Waals surface area contributed by atoms with Crippen LogP contribution in [0.5, 0.6) is 0 Å². The minimum atomic E-state index is -0.301. The van der Waals surface area contributed by atoms with E-state index in [-0.39, 0.29) is 17.6 Å². The number of rotatable bonds is 3. The molecule has 0 atom stereocenters. The van der Waals surface area contributed by atoms with Gasteiger partial charge in [0.05, 0.1) is 10.6 Å². The van der Waals surface area contributed by atoms with Crippen molar-refractivity contribution in [1.82, 2.24) is 4.98 Å². The summed E-state index contributed by atoms with van der Waals surface area (Å²) in [5.74, 6) is -0.349. The van der Waals surface area contributed by atoms with E-state index in [2.05, 4.69) is 16.4 Å². The standard InChI is InChI=1S/C19H18FN3OS/c1-11-6-7-15(12(2)8-11)21-18(24)13-9-23(10-13)19-22-17-14(20)4-3-5-16(17)25-19/h3-8,13H,9-10H2,1-2H3,(H,21,24). The molecule has 1 N–H and O–H groups in total. The average Bonchev–Trinajstić information content (AvgIpc) is 2.94. The molecule has 1 saturated heterocycles. The molecule has 0 saturated carbocycles. The number of amides is 1. The second-order valence-corrected chi connectivity index (χ2v) is 7.50. The maximum Gasteiger partial charge on any atom is 0.231 e. The van der Waals surface area contributed by atoms with Gasteiger partial charge in [0.15, 0.2) is 5.13 Å². The minimum Gasteiger partial charge on any atom is -0.346 e. The van der Waals surface area contributed by atoms with Crippen LogP contribution in [0.3, 0.4) is 0 Å². The molecule has 1 aliphatic heterocycles. The third kappa shape index (κ3) is 2.98. The molecule has 4 nitrogen and oxygen atoms in total. The Bertz CT molecular complexity index is 962. The molecule has 0 aliphatic carbocycles. The largest absolute Gasteiger partial charge is 0.346 e. The maximum absolute atomic E-state index is 13.8. The number of nitrogens with zero attached hydrogens (tertiary/aromatic N) is 2. The fraction of sp³-hybridized carbons (Fsp3) is 0.263. The van der Waals surface area contributed by atoms with Gasteiger partial charge in [-0.1, -0.05) is 35.1 Å². The van der Waals surface area contributed by atoms with Crippen LogP contribution in [-0.2, 0) is 4.79 Å². The molecular formula is C19H18FN3OS. The summed E-state index contributed by atoms with van der Waals surface area (Å²) >= 11 is 1.46. The molecule has 0 radical (unpaired) electrons. The zero-order chi connectivity index (χ0) is 17.6. The van der Waals surface area contributed by atoms with Crippen LogP contribution in [0.1, 0.15) is 11.1 Å². The van der Waals surface area contributed by atoms with E-state index in [1.165, 1.54) is 23.0 Å². The van der Waals surface area contributed by atoms with Crippen LogP contribution in [0.25, 0.3) is 10.2 Å². The Hall–Kier alpha value is -2.47. The summed E-state index contributed by atoms with van der Waals surface area (Å²) in [5.41, 5.74) is 3.50. The number of anilines is 2. The van der Waals surface area contributed by atoms with Crippen molar-refractivity contribution >= 4 is 38.3 Å². The number of fused-ring (bicyclic) bond motifs is 1. The lowest BCUT2D eigenvalue weighted by Gasteiger charge is -2.38. The van der Waals surface area contributed by atoms with Crippen molar-refractivity contribution in [3.05, 3.63) is 53.3 Å². The van der Waals surface area contributed by atoms with E-state index in [0.29, 0.717) is 18.6 Å². The van der Waals surface area contributed by atoms with Crippen molar-refractivity contribution in [1.29, 1.82) is 0 Å². The Balaban J connectivity index is 1.42. The predicted molar refractivity (Wildman–Crippen MR) is 99.8 cm³/mol. The maximum atomic E-state index is 13.8. The Morgan fingerprint density at radius 1 is 1.28 bits per heavy atom. The number of para-hydroxylation sites is 1. The molecule has 1 fully saturated rings. The molecule has 3 aromatic rings. The lowest BCUT2D eigenvalue weighted by atomic mass is 9.99. The van der Waals surface area contributed by atoms with Gasteiger partial charge in [0, 0.05) is 18.8 Å². The number of carbonyl (C=O) groups is 1. The molecule has 0 unspecified atom stereocenters. The minimum absolute atomic E-state index is 0.0236. The summed E-state index contributed by atoms with van der Waals surface area (Å²) in [6, 6.07) is 11.0. The number of benzene rings is 2. The number of hydrogen-bond acceptors (Lipinski definition) is 4. The molecule has 4 rings (SSSR count). The fourth-order valence-corrected chi connectivity index (χ4v) is 4.03. The second kappa shape index (κ2) is 6.11. The van der Waals surface area contributed by atoms with Crippen molar-refractivity contribution in [3.8, 4) is 0 Å². The first-order valence-electron chi connectivity index (χ1n) is 8.19. The van der Waals surface area contributed by atoms with Gasteiger partial charge in [0.25, 0.3) is 0 Å². The highest BCUT2D eigenvalue weighted by Gasteiger charge is 2.34. The van der Waals surface area contributed by atoms with Crippen LogP contribution in [0.2, 0.25) is 0 Å². The third-order valence-corrected chi connectivity index (χ3v) is 5.60. The molecule has 1 aromatic heterocycles. The highest BCUT2D eigenvalue weighted by atomic mass is 32.1. The Morgan fingerprint density at radius 2 is 2.08 bits per heavy atom. The van der Waals surface area contributed by atoms with E-state index in [1.807, 2.05) is 36.9 Å². The Morgan fingerprint density at radius 3 is 2.80 bits per heavy atom. The molecule has 1 amide bonds. The topological polar surface area (TPSA) is 45.2 Å². The van der Waals surface area contributed by atoms with E-state index in [0.717, 1.165) is 21.1 Å². The molecule has 0 spiro atoms. The summed E-state index contributed by atoms with van der Waals surface area (Å²) in [5, 5.41) is 3.78. The van der Waals surface area contributed by atoms with Gasteiger partial charge in [0.2, 0.25) is 5.91 Å². The van der Waals surface area contributed by atoms with Gasteiger partial charge >= 0.3 is 0 Å². The lowest BCUT2D eigenvalue weighted by Crippen LogP contribution is -2.52. The number of thiazole rings is 1. The highest BCUT2D eigenvalue weighted by molar-refractivity contribution is 7.22. The monoisotopic (exact) mass is 355 g/mol. The first kappa shape index (κ1) is 16.0. The van der Waals surface area contributed by atoms with E-state index in [1.54, 1.807) is 6.07 Å². The molecular weight excluding hydrogens is 337 g/mol. The fourth-order valence-electron chi connectivity index (χ4n) is 3.03. The number of nitrogens with one attached hydrogen (secondary N) is 1. The SMILES string of the molecule is Cc1ccc(NC(=O)C2CN(c3nc4c(F)cccc4s3)C2)c(C)c1. The first-order valence-corrected chi connectivity index (χ1v) is 9.01. The molecule has 2 heterocycles. The van der Waals surface area contributed by atoms with Crippen LogP contribution in [0, 0.1) is 25.6 Å². The second-order valence-electron chi connectivity index (χ2n) is 6.49. The van der Waals surface area contributed by atoms with Crippen molar-refractivity contribution < 1.29 is 9.18 Å². The number of halogens is 1. The summed E-state index contributed by atoms with van der Waals surface area (Å²) in [6.45, 7) is 5.24. The number of hydrogen-bond donors (Lipinski definition) is 1. The molecule has 128 valence electrons. The summed E-state index contributed by atoms with van der Waals surface area (Å²) in [4.78, 5) is 18.8. The molecule has 2 aromatic carbocycles. The average molecular weight is 355 g/mol. The van der Waals surface area contributed by atoms with Gasteiger partial charge in [-0.25, -0.2) is 9.37 Å². The van der Waals surface area contributed by atoms with Gasteiger partial charge < -0.3 is 10.2 Å². The molecule has 6 heteroatoms. The van der Waals surface area contributed by atoms with E-state index < -0.39 is 0 Å². The van der Waals surface area contributed by atoms with Gasteiger partial charge in [-0.15, -0.1) is 0 Å². The van der Waals surface area contributed by atoms with Crippen LogP contribution in [0.15, 0.2) is 36.4 Å². The number of aromatic nitrogens is 1. The first-order chi connectivity index (χ1) is 12.0. The summed E-state index contributed by atoms with van der Waals surface area (Å²) in [7, 11) is 0. The zero-order valence-corrected chi connectivity index (χ0v) is 14.9. The van der Waals surface area contributed by atoms with Crippen molar-refractivity contribution in [2.45, 2.75) is 13.8 Å². The van der Waals surface area contributed by atoms with Crippen molar-refractivity contribution in [3.63, 3.8) is 0 Å². The number of carbonyl (C=O) groups excluding carboxylic acids is 1. The summed E-state index contributed by atoms with van der Waals surface area (Å²) < 4.78 is 14.6. The molecule has 1 aliphatic rings. The van der Waals surface area contributed by atoms with E-state index in [9.17, 15) is 9.18 Å². The van der Waals surface area contributed by atoms with Crippen LogP contribution in [0.4, 0.5) is 15.2 Å². The van der Waals surface area contributed by atoms with Gasteiger partial charge in [-0.3, -0.25) is 4.79 Å². The predicted octanol–water partition coefficient (Wildman–Crippen LogP) is 4.13. The Kier molecular flexibility index (Phi) is 3.92. The van der Waals surface area contributed by atoms with E-state index >= 15 is 0 Å². The third-order valence-electron chi connectivity index (χ3n) is 4.52. The van der Waals surface area contributed by atoms with Crippen molar-refractivity contribution in [2.75, 3.05) is 23.3 Å². The molecule has 0 bridgehead atoms. The van der Waals surface area contributed by atoms with Crippen LogP contribution >= 0.6 is 11.3 Å². The van der Waals surface area contributed by atoms with Crippen LogP contribution in [-0.4, -0.2) is 24.0 Å². The number of aryl methyl sites for hydroxylation is 2. The quantitative estimate of drug-likeness (QED) is 0.768. The highest BCUT2D eigenvalue weighted by Crippen LogP contribution is 2.34. The van der Waals surface area contributed by atoms with Crippen LogP contribution < -0.4 is 10.2 Å². The van der Waals surface area contributed by atoms with Gasteiger partial charge in [-0.05, 0) is 37.6 Å². The van der Waals surface area contributed by atoms with Gasteiger partial charge in [0.1, 0.15) is 11.3 Å². The molecule has 25 heavy (non-hydrogen) atoms. The zero-order valence-electron chi connectivity index (χ0n) is 14.0. The lowest BCUT2D eigenvalue weighted by molar-refractivity contribution is -0.120.